The van der Waals surface area contributed by atoms with Gasteiger partial charge in [-0.05, 0) is 37.9 Å². The number of nitrogens with zero attached hydrogens (tertiary/aromatic N) is 1. The molecule has 0 bridgehead atoms. The van der Waals surface area contributed by atoms with Crippen LogP contribution in [-0.4, -0.2) is 49.7 Å². The van der Waals surface area contributed by atoms with Gasteiger partial charge in [0.1, 0.15) is 6.61 Å². The topological polar surface area (TPSA) is 50.8 Å². The number of carbonyl (C=O) groups is 1. The van der Waals surface area contributed by atoms with Gasteiger partial charge in [-0.15, -0.1) is 0 Å². The number of methoxy groups -OCH3 is 1. The van der Waals surface area contributed by atoms with Gasteiger partial charge in [-0.1, -0.05) is 18.6 Å². The molecule has 5 nitrogen and oxygen atoms in total. The Kier molecular flexibility index (Phi) is 4.19. The van der Waals surface area contributed by atoms with Crippen molar-refractivity contribution in [2.75, 3.05) is 26.8 Å². The summed E-state index contributed by atoms with van der Waals surface area (Å²) in [7, 11) is 1.63. The van der Waals surface area contributed by atoms with E-state index in [-0.39, 0.29) is 11.9 Å². The lowest BCUT2D eigenvalue weighted by molar-refractivity contribution is -0.118. The maximum absolute atomic E-state index is 12.7. The quantitative estimate of drug-likeness (QED) is 0.924. The van der Waals surface area contributed by atoms with Crippen LogP contribution in [0.4, 0.5) is 0 Å². The molecule has 1 amide bonds. The van der Waals surface area contributed by atoms with Crippen molar-refractivity contribution in [1.82, 2.24) is 10.2 Å². The molecule has 2 saturated heterocycles. The van der Waals surface area contributed by atoms with Crippen LogP contribution in [-0.2, 0) is 4.79 Å². The first-order valence-electron chi connectivity index (χ1n) is 8.81. The summed E-state index contributed by atoms with van der Waals surface area (Å²) in [4.78, 5) is 15.2. The van der Waals surface area contributed by atoms with E-state index in [9.17, 15) is 4.79 Å². The molecule has 2 fully saturated rings. The Balaban J connectivity index is 1.48. The molecule has 1 aromatic rings. The van der Waals surface area contributed by atoms with Gasteiger partial charge in [0.2, 0.25) is 0 Å². The van der Waals surface area contributed by atoms with Crippen molar-refractivity contribution >= 4 is 12.0 Å². The molecular formula is C19H24N2O3. The fraction of sp³-hybridized carbons (Fsp3) is 0.526. The van der Waals surface area contributed by atoms with E-state index in [2.05, 4.69) is 10.2 Å². The van der Waals surface area contributed by atoms with Gasteiger partial charge in [0.05, 0.1) is 12.7 Å². The number of hydrogen-bond donors (Lipinski definition) is 1. The lowest BCUT2D eigenvalue weighted by Crippen LogP contribution is -2.47. The number of rotatable bonds is 3. The minimum absolute atomic E-state index is 0.000827. The SMILES string of the molecule is COc1cccc2c1OCC(C(=O)N[C@H]1CCN3CCCC[C@H]13)=C2. The molecular weight excluding hydrogens is 304 g/mol. The zero-order valence-corrected chi connectivity index (χ0v) is 14.1. The number of para-hydroxylation sites is 1. The molecule has 0 aromatic heterocycles. The van der Waals surface area contributed by atoms with E-state index in [4.69, 9.17) is 9.47 Å². The van der Waals surface area contributed by atoms with Crippen molar-refractivity contribution in [3.05, 3.63) is 29.3 Å². The van der Waals surface area contributed by atoms with E-state index in [0.717, 1.165) is 24.3 Å². The summed E-state index contributed by atoms with van der Waals surface area (Å²) in [6.07, 6.45) is 6.72. The first-order valence-corrected chi connectivity index (χ1v) is 8.81. The molecule has 1 N–H and O–H groups in total. The van der Waals surface area contributed by atoms with Crippen LogP contribution in [0.1, 0.15) is 31.2 Å². The van der Waals surface area contributed by atoms with Gasteiger partial charge >= 0.3 is 0 Å². The normalized spacial score (nSPS) is 26.0. The Labute approximate surface area is 142 Å². The number of amides is 1. The number of hydrogen-bond acceptors (Lipinski definition) is 4. The fourth-order valence-corrected chi connectivity index (χ4v) is 4.15. The van der Waals surface area contributed by atoms with Gasteiger partial charge in [0, 0.05) is 24.2 Å². The molecule has 3 aliphatic heterocycles. The van der Waals surface area contributed by atoms with Crippen LogP contribution in [0.3, 0.4) is 0 Å². The Morgan fingerprint density at radius 2 is 2.21 bits per heavy atom. The van der Waals surface area contributed by atoms with Gasteiger partial charge in [-0.25, -0.2) is 0 Å². The van der Waals surface area contributed by atoms with E-state index < -0.39 is 0 Å². The highest BCUT2D eigenvalue weighted by molar-refractivity contribution is 5.99. The van der Waals surface area contributed by atoms with E-state index in [0.29, 0.717) is 24.0 Å². The maximum atomic E-state index is 12.7. The second kappa shape index (κ2) is 6.48. The van der Waals surface area contributed by atoms with Crippen LogP contribution in [0, 0.1) is 0 Å². The molecule has 0 spiro atoms. The summed E-state index contributed by atoms with van der Waals surface area (Å²) >= 11 is 0. The van der Waals surface area contributed by atoms with Gasteiger partial charge < -0.3 is 14.8 Å². The Morgan fingerprint density at radius 3 is 3.08 bits per heavy atom. The average molecular weight is 328 g/mol. The van der Waals surface area contributed by atoms with Crippen LogP contribution in [0.5, 0.6) is 11.5 Å². The van der Waals surface area contributed by atoms with E-state index in [1.54, 1.807) is 7.11 Å². The Bertz CT molecular complexity index is 671. The van der Waals surface area contributed by atoms with Crippen LogP contribution in [0.15, 0.2) is 23.8 Å². The van der Waals surface area contributed by atoms with Crippen molar-refractivity contribution in [1.29, 1.82) is 0 Å². The van der Waals surface area contributed by atoms with E-state index in [1.165, 1.54) is 25.8 Å². The number of carbonyl (C=O) groups excluding carboxylic acids is 1. The van der Waals surface area contributed by atoms with Gasteiger partial charge in [0.15, 0.2) is 11.5 Å². The van der Waals surface area contributed by atoms with Crippen molar-refractivity contribution in [3.8, 4) is 11.5 Å². The summed E-state index contributed by atoms with van der Waals surface area (Å²) in [6, 6.07) is 6.51. The van der Waals surface area contributed by atoms with Crippen LogP contribution in [0.25, 0.3) is 6.08 Å². The molecule has 2 atom stereocenters. The Hall–Kier alpha value is -2.01. The molecule has 128 valence electrons. The highest BCUT2D eigenvalue weighted by atomic mass is 16.5. The number of nitrogens with one attached hydrogen (secondary N) is 1. The summed E-state index contributed by atoms with van der Waals surface area (Å²) < 4.78 is 11.1. The molecule has 0 radical (unpaired) electrons. The average Bonchev–Trinajstić information content (AvgIpc) is 3.03. The molecule has 1 aromatic carbocycles. The third-order valence-corrected chi connectivity index (χ3v) is 5.40. The lowest BCUT2D eigenvalue weighted by Gasteiger charge is -2.32. The summed E-state index contributed by atoms with van der Waals surface area (Å²) in [5.41, 5.74) is 1.58. The van der Waals surface area contributed by atoms with Crippen LogP contribution >= 0.6 is 0 Å². The largest absolute Gasteiger partial charge is 0.493 e. The minimum atomic E-state index is 0.000827. The highest BCUT2D eigenvalue weighted by Crippen LogP contribution is 2.35. The smallest absolute Gasteiger partial charge is 0.250 e. The number of piperidine rings is 1. The second-order valence-electron chi connectivity index (χ2n) is 6.80. The summed E-state index contributed by atoms with van der Waals surface area (Å²) in [5.74, 6) is 1.42. The third-order valence-electron chi connectivity index (χ3n) is 5.40. The zero-order chi connectivity index (χ0) is 16.5. The number of fused-ring (bicyclic) bond motifs is 2. The Morgan fingerprint density at radius 1 is 1.29 bits per heavy atom. The molecule has 0 aliphatic carbocycles. The molecule has 0 unspecified atom stereocenters. The number of ether oxygens (including phenoxy) is 2. The first-order chi connectivity index (χ1) is 11.8. The molecule has 3 heterocycles. The van der Waals surface area contributed by atoms with Crippen molar-refractivity contribution in [2.24, 2.45) is 0 Å². The minimum Gasteiger partial charge on any atom is -0.493 e. The standard InChI is InChI=1S/C19H24N2O3/c1-23-17-7-4-5-13-11-14(12-24-18(13)17)19(22)20-15-8-10-21-9-3-2-6-16(15)21/h4-5,7,11,15-16H,2-3,6,8-10,12H2,1H3,(H,20,22)/t15-,16+/m0/s1. The predicted molar refractivity (Wildman–Crippen MR) is 92.2 cm³/mol. The van der Waals surface area contributed by atoms with Gasteiger partial charge in [0.25, 0.3) is 5.91 Å². The third kappa shape index (κ3) is 2.77. The second-order valence-corrected chi connectivity index (χ2v) is 6.80. The fourth-order valence-electron chi connectivity index (χ4n) is 4.15. The summed E-state index contributed by atoms with van der Waals surface area (Å²) in [6.45, 7) is 2.57. The van der Waals surface area contributed by atoms with Crippen LogP contribution < -0.4 is 14.8 Å². The lowest BCUT2D eigenvalue weighted by atomic mass is 9.98. The molecule has 24 heavy (non-hydrogen) atoms. The molecule has 4 rings (SSSR count). The molecule has 3 aliphatic rings. The van der Waals surface area contributed by atoms with Crippen molar-refractivity contribution < 1.29 is 14.3 Å². The summed E-state index contributed by atoms with van der Waals surface area (Å²) in [5, 5.41) is 3.25. The van der Waals surface area contributed by atoms with E-state index in [1.807, 2.05) is 24.3 Å². The maximum Gasteiger partial charge on any atom is 0.250 e. The zero-order valence-electron chi connectivity index (χ0n) is 14.1. The van der Waals surface area contributed by atoms with Gasteiger partial charge in [-0.3, -0.25) is 9.69 Å². The predicted octanol–water partition coefficient (Wildman–Crippen LogP) is 2.21. The van der Waals surface area contributed by atoms with Crippen molar-refractivity contribution in [3.63, 3.8) is 0 Å². The van der Waals surface area contributed by atoms with E-state index >= 15 is 0 Å². The van der Waals surface area contributed by atoms with Crippen molar-refractivity contribution in [2.45, 2.75) is 37.8 Å². The number of benzene rings is 1. The molecule has 0 saturated carbocycles. The van der Waals surface area contributed by atoms with Gasteiger partial charge in [-0.2, -0.15) is 0 Å². The monoisotopic (exact) mass is 328 g/mol. The van der Waals surface area contributed by atoms with Crippen LogP contribution in [0.2, 0.25) is 0 Å². The highest BCUT2D eigenvalue weighted by Gasteiger charge is 2.36. The molecule has 5 heteroatoms. The first kappa shape index (κ1) is 15.5.